The number of piperazine rings is 1. The molecular weight excluding hydrogens is 491 g/mol. The fourth-order valence-corrected chi connectivity index (χ4v) is 3.36. The fourth-order valence-electron chi connectivity index (χ4n) is 3.36. The molecule has 1 aliphatic heterocycles. The average molecular weight is 524 g/mol. The number of likely N-dealkylation sites (N-methyl/N-ethyl adjacent to an activating group) is 1. The molecule has 1 aromatic heterocycles. The number of nitrogens with one attached hydrogen (secondary N) is 2. The molecule has 2 N–H and O–H groups in total. The summed E-state index contributed by atoms with van der Waals surface area (Å²) >= 11 is 0. The molecule has 0 saturated carbocycles. The van der Waals surface area contributed by atoms with Gasteiger partial charge < -0.3 is 25.2 Å². The van der Waals surface area contributed by atoms with E-state index in [4.69, 9.17) is 4.74 Å². The van der Waals surface area contributed by atoms with Gasteiger partial charge in [0.25, 0.3) is 0 Å². The maximum Gasteiger partial charge on any atom is 0.191 e. The van der Waals surface area contributed by atoms with Crippen molar-refractivity contribution >= 4 is 35.8 Å². The molecule has 30 heavy (non-hydrogen) atoms. The minimum Gasteiger partial charge on any atom is -0.496 e. The highest BCUT2D eigenvalue weighted by molar-refractivity contribution is 14.0. The molecule has 2 aromatic rings. The predicted molar refractivity (Wildman–Crippen MR) is 134 cm³/mol. The van der Waals surface area contributed by atoms with Crippen LogP contribution in [0.3, 0.4) is 0 Å². The topological polar surface area (TPSA) is 65.0 Å². The second kappa shape index (κ2) is 11.9. The molecule has 0 amide bonds. The summed E-state index contributed by atoms with van der Waals surface area (Å²) in [4.78, 5) is 13.6. The molecule has 0 spiro atoms. The summed E-state index contributed by atoms with van der Waals surface area (Å²) in [6.45, 7) is 7.57. The fraction of sp³-hybridized carbons (Fsp3) is 0.455. The third-order valence-electron chi connectivity index (χ3n) is 5.21. The lowest BCUT2D eigenvalue weighted by molar-refractivity contribution is 0.312. The second-order valence-electron chi connectivity index (χ2n) is 7.41. The van der Waals surface area contributed by atoms with E-state index in [0.717, 1.165) is 49.3 Å². The standard InChI is InChI=1S/C22H32N6O.HI/c1-17-5-6-19(20(13-17)29-4)16-26-22(23-2)25-15-18-7-8-24-21(14-18)28-11-9-27(3)10-12-28;/h5-8,13-14H,9-12,15-16H2,1-4H3,(H2,23,25,26);1H. The number of pyridine rings is 1. The average Bonchev–Trinajstić information content (AvgIpc) is 2.75. The summed E-state index contributed by atoms with van der Waals surface area (Å²) in [6.07, 6.45) is 1.89. The van der Waals surface area contributed by atoms with Gasteiger partial charge >= 0.3 is 0 Å². The molecular formula is C22H33IN6O. The van der Waals surface area contributed by atoms with E-state index in [1.54, 1.807) is 14.2 Å². The molecule has 7 nitrogen and oxygen atoms in total. The highest BCUT2D eigenvalue weighted by Crippen LogP contribution is 2.19. The van der Waals surface area contributed by atoms with Crippen molar-refractivity contribution in [3.05, 3.63) is 53.2 Å². The monoisotopic (exact) mass is 524 g/mol. The number of methoxy groups -OCH3 is 1. The van der Waals surface area contributed by atoms with Crippen molar-refractivity contribution in [2.45, 2.75) is 20.0 Å². The molecule has 1 aliphatic rings. The smallest absolute Gasteiger partial charge is 0.191 e. The van der Waals surface area contributed by atoms with Crippen LogP contribution < -0.4 is 20.3 Å². The Bertz CT molecular complexity index is 836. The van der Waals surface area contributed by atoms with E-state index in [0.29, 0.717) is 13.1 Å². The third kappa shape index (κ3) is 6.73. The van der Waals surface area contributed by atoms with Gasteiger partial charge in [-0.25, -0.2) is 4.98 Å². The Hall–Kier alpha value is -2.07. The molecule has 2 heterocycles. The van der Waals surface area contributed by atoms with Crippen molar-refractivity contribution < 1.29 is 4.74 Å². The summed E-state index contributed by atoms with van der Waals surface area (Å²) in [6, 6.07) is 10.4. The SMILES string of the molecule is CN=C(NCc1ccnc(N2CCN(C)CC2)c1)NCc1ccc(C)cc1OC.I. The van der Waals surface area contributed by atoms with Crippen LogP contribution in [0.2, 0.25) is 0 Å². The number of rotatable bonds is 6. The van der Waals surface area contributed by atoms with Gasteiger partial charge in [0.05, 0.1) is 7.11 Å². The number of anilines is 1. The van der Waals surface area contributed by atoms with Crippen LogP contribution in [0.15, 0.2) is 41.5 Å². The highest BCUT2D eigenvalue weighted by Gasteiger charge is 2.15. The Morgan fingerprint density at radius 1 is 1.10 bits per heavy atom. The number of guanidine groups is 1. The first-order valence-electron chi connectivity index (χ1n) is 10.1. The summed E-state index contributed by atoms with van der Waals surface area (Å²) in [7, 11) is 5.65. The third-order valence-corrected chi connectivity index (χ3v) is 5.21. The summed E-state index contributed by atoms with van der Waals surface area (Å²) in [5, 5.41) is 6.75. The molecule has 3 rings (SSSR count). The minimum absolute atomic E-state index is 0. The van der Waals surface area contributed by atoms with Crippen LogP contribution in [0, 0.1) is 6.92 Å². The Labute approximate surface area is 196 Å². The van der Waals surface area contributed by atoms with Gasteiger partial charge in [-0.05, 0) is 43.3 Å². The van der Waals surface area contributed by atoms with Gasteiger partial charge in [-0.2, -0.15) is 0 Å². The van der Waals surface area contributed by atoms with E-state index in [-0.39, 0.29) is 24.0 Å². The molecule has 0 bridgehead atoms. The Balaban J connectivity index is 0.00000320. The van der Waals surface area contributed by atoms with E-state index in [1.165, 1.54) is 11.1 Å². The van der Waals surface area contributed by atoms with Gasteiger partial charge in [0.15, 0.2) is 5.96 Å². The number of aliphatic imine (C=N–C) groups is 1. The molecule has 1 saturated heterocycles. The van der Waals surface area contributed by atoms with Gasteiger partial charge in [-0.3, -0.25) is 4.99 Å². The van der Waals surface area contributed by atoms with Crippen molar-refractivity contribution in [2.24, 2.45) is 4.99 Å². The maximum atomic E-state index is 5.48. The zero-order valence-electron chi connectivity index (χ0n) is 18.3. The van der Waals surface area contributed by atoms with E-state index in [1.807, 2.05) is 18.3 Å². The Morgan fingerprint density at radius 3 is 2.53 bits per heavy atom. The van der Waals surface area contributed by atoms with E-state index in [2.05, 4.69) is 62.6 Å². The first-order valence-corrected chi connectivity index (χ1v) is 10.1. The van der Waals surface area contributed by atoms with Gasteiger partial charge in [0.1, 0.15) is 11.6 Å². The number of hydrogen-bond acceptors (Lipinski definition) is 5. The van der Waals surface area contributed by atoms with Crippen molar-refractivity contribution in [1.29, 1.82) is 0 Å². The first-order chi connectivity index (χ1) is 14.1. The Morgan fingerprint density at radius 2 is 1.83 bits per heavy atom. The van der Waals surface area contributed by atoms with Crippen molar-refractivity contribution in [2.75, 3.05) is 52.3 Å². The minimum atomic E-state index is 0. The summed E-state index contributed by atoms with van der Waals surface area (Å²) in [5.41, 5.74) is 3.47. The van der Waals surface area contributed by atoms with Crippen LogP contribution in [0.25, 0.3) is 0 Å². The number of hydrogen-bond donors (Lipinski definition) is 2. The van der Waals surface area contributed by atoms with Crippen molar-refractivity contribution in [3.8, 4) is 5.75 Å². The molecule has 8 heteroatoms. The quantitative estimate of drug-likeness (QED) is 0.344. The lowest BCUT2D eigenvalue weighted by Gasteiger charge is -2.33. The maximum absolute atomic E-state index is 5.48. The van der Waals surface area contributed by atoms with Gasteiger partial charge in [-0.1, -0.05) is 12.1 Å². The molecule has 164 valence electrons. The van der Waals surface area contributed by atoms with E-state index < -0.39 is 0 Å². The molecule has 1 fully saturated rings. The number of aromatic nitrogens is 1. The van der Waals surface area contributed by atoms with Gasteiger partial charge in [-0.15, -0.1) is 24.0 Å². The molecule has 1 aromatic carbocycles. The Kier molecular flexibility index (Phi) is 9.64. The van der Waals surface area contributed by atoms with E-state index in [9.17, 15) is 0 Å². The number of ether oxygens (including phenoxy) is 1. The van der Waals surface area contributed by atoms with E-state index >= 15 is 0 Å². The summed E-state index contributed by atoms with van der Waals surface area (Å²) in [5.74, 6) is 2.69. The molecule has 0 radical (unpaired) electrons. The number of benzene rings is 1. The predicted octanol–water partition coefficient (Wildman–Crippen LogP) is 2.63. The molecule has 0 aliphatic carbocycles. The number of halogens is 1. The number of aryl methyl sites for hydroxylation is 1. The first kappa shape index (κ1) is 24.2. The zero-order chi connectivity index (χ0) is 20.6. The van der Waals surface area contributed by atoms with Crippen LogP contribution >= 0.6 is 24.0 Å². The van der Waals surface area contributed by atoms with Crippen LogP contribution in [0.4, 0.5) is 5.82 Å². The van der Waals surface area contributed by atoms with Crippen LogP contribution in [0.5, 0.6) is 5.75 Å². The van der Waals surface area contributed by atoms with Crippen molar-refractivity contribution in [1.82, 2.24) is 20.5 Å². The van der Waals surface area contributed by atoms with Gasteiger partial charge in [0.2, 0.25) is 0 Å². The van der Waals surface area contributed by atoms with Crippen molar-refractivity contribution in [3.63, 3.8) is 0 Å². The van der Waals surface area contributed by atoms with Crippen LogP contribution in [-0.4, -0.2) is 63.2 Å². The van der Waals surface area contributed by atoms with Crippen LogP contribution in [0.1, 0.15) is 16.7 Å². The highest BCUT2D eigenvalue weighted by atomic mass is 127. The second-order valence-corrected chi connectivity index (χ2v) is 7.41. The largest absolute Gasteiger partial charge is 0.496 e. The molecule has 0 unspecified atom stereocenters. The molecule has 0 atom stereocenters. The lowest BCUT2D eigenvalue weighted by Crippen LogP contribution is -2.44. The normalized spacial score (nSPS) is 14.8. The zero-order valence-corrected chi connectivity index (χ0v) is 20.6. The summed E-state index contributed by atoms with van der Waals surface area (Å²) < 4.78 is 5.48. The van der Waals surface area contributed by atoms with Crippen LogP contribution in [-0.2, 0) is 13.1 Å². The number of nitrogens with zero attached hydrogens (tertiary/aromatic N) is 4. The lowest BCUT2D eigenvalue weighted by atomic mass is 10.1. The van der Waals surface area contributed by atoms with Gasteiger partial charge in [0, 0.05) is 58.1 Å².